The number of aromatic nitrogens is 3. The second-order valence-electron chi connectivity index (χ2n) is 6.23. The van der Waals surface area contributed by atoms with Crippen LogP contribution in [0.4, 0.5) is 5.69 Å². The van der Waals surface area contributed by atoms with Gasteiger partial charge in [0.05, 0.1) is 30.2 Å². The van der Waals surface area contributed by atoms with Gasteiger partial charge in [0, 0.05) is 6.07 Å². The highest BCUT2D eigenvalue weighted by molar-refractivity contribution is 5.45. The second-order valence-corrected chi connectivity index (χ2v) is 6.23. The van der Waals surface area contributed by atoms with Crippen molar-refractivity contribution in [3.05, 3.63) is 69.8 Å². The molecule has 3 aromatic rings. The number of nitro groups is 1. The summed E-state index contributed by atoms with van der Waals surface area (Å²) in [5.41, 5.74) is 7.04. The quantitative estimate of drug-likeness (QED) is 0.382. The molecule has 0 aliphatic heterocycles. The molecule has 1 atom stereocenters. The number of H-pyrrole nitrogens is 1. The van der Waals surface area contributed by atoms with E-state index < -0.39 is 11.0 Å². The second kappa shape index (κ2) is 9.70. The van der Waals surface area contributed by atoms with E-state index in [1.54, 1.807) is 12.1 Å². The minimum Gasteiger partial charge on any atom is -0.490 e. The van der Waals surface area contributed by atoms with E-state index in [9.17, 15) is 10.1 Å². The van der Waals surface area contributed by atoms with Crippen molar-refractivity contribution >= 4 is 5.69 Å². The van der Waals surface area contributed by atoms with E-state index in [0.29, 0.717) is 42.1 Å². The van der Waals surface area contributed by atoms with E-state index in [1.807, 2.05) is 32.0 Å². The lowest BCUT2D eigenvalue weighted by atomic mass is 10.1. The minimum absolute atomic E-state index is 0.0478. The lowest BCUT2D eigenvalue weighted by Gasteiger charge is -2.14. The first kappa shape index (κ1) is 21.1. The summed E-state index contributed by atoms with van der Waals surface area (Å²) in [6.07, 6.45) is 0. The number of benzene rings is 2. The molecule has 2 aromatic carbocycles. The maximum Gasteiger partial charge on any atom is 0.273 e. The van der Waals surface area contributed by atoms with Gasteiger partial charge in [-0.3, -0.25) is 15.2 Å². The van der Waals surface area contributed by atoms with Gasteiger partial charge in [-0.25, -0.2) is 4.98 Å². The SMILES string of the molecule is CCOc1ccc([C@H](N)c2n[nH]c(COc3cccc([N+](=O)[O-])c3)n2)cc1OCC. The lowest BCUT2D eigenvalue weighted by Crippen LogP contribution is -2.14. The number of rotatable bonds is 10. The van der Waals surface area contributed by atoms with Crippen LogP contribution in [0.15, 0.2) is 42.5 Å². The molecule has 10 heteroatoms. The predicted octanol–water partition coefficient (Wildman–Crippen LogP) is 3.14. The van der Waals surface area contributed by atoms with E-state index in [2.05, 4.69) is 15.2 Å². The summed E-state index contributed by atoms with van der Waals surface area (Å²) in [6, 6.07) is 10.8. The molecule has 10 nitrogen and oxygen atoms in total. The number of non-ortho nitro benzene ring substituents is 1. The Hall–Kier alpha value is -3.66. The average Bonchev–Trinajstić information content (AvgIpc) is 3.22. The maximum atomic E-state index is 10.9. The van der Waals surface area contributed by atoms with Crippen LogP contribution in [0.3, 0.4) is 0 Å². The zero-order chi connectivity index (χ0) is 21.5. The van der Waals surface area contributed by atoms with Crippen LogP contribution in [0.2, 0.25) is 0 Å². The van der Waals surface area contributed by atoms with Crippen molar-refractivity contribution in [1.82, 2.24) is 15.2 Å². The van der Waals surface area contributed by atoms with Crippen molar-refractivity contribution in [3.8, 4) is 17.2 Å². The molecule has 1 heterocycles. The fourth-order valence-corrected chi connectivity index (χ4v) is 2.76. The molecule has 30 heavy (non-hydrogen) atoms. The third kappa shape index (κ3) is 5.03. The summed E-state index contributed by atoms with van der Waals surface area (Å²) < 4.78 is 16.8. The molecule has 3 N–H and O–H groups in total. The van der Waals surface area contributed by atoms with Gasteiger partial charge in [0.15, 0.2) is 23.1 Å². The van der Waals surface area contributed by atoms with Gasteiger partial charge in [-0.1, -0.05) is 12.1 Å². The van der Waals surface area contributed by atoms with Crippen molar-refractivity contribution in [1.29, 1.82) is 0 Å². The van der Waals surface area contributed by atoms with Gasteiger partial charge in [-0.05, 0) is 37.6 Å². The summed E-state index contributed by atoms with van der Waals surface area (Å²) in [5, 5.41) is 17.8. The average molecular weight is 413 g/mol. The normalized spacial score (nSPS) is 11.7. The van der Waals surface area contributed by atoms with Crippen molar-refractivity contribution in [2.24, 2.45) is 5.73 Å². The Kier molecular flexibility index (Phi) is 6.81. The van der Waals surface area contributed by atoms with E-state index >= 15 is 0 Å². The van der Waals surface area contributed by atoms with E-state index in [0.717, 1.165) is 5.56 Å². The number of nitrogens with two attached hydrogens (primary N) is 1. The third-order valence-corrected chi connectivity index (χ3v) is 4.16. The van der Waals surface area contributed by atoms with Gasteiger partial charge in [0.25, 0.3) is 5.69 Å². The number of nitrogens with one attached hydrogen (secondary N) is 1. The number of aromatic amines is 1. The van der Waals surface area contributed by atoms with Crippen LogP contribution >= 0.6 is 0 Å². The number of nitrogens with zero attached hydrogens (tertiary/aromatic N) is 3. The van der Waals surface area contributed by atoms with Crippen LogP contribution in [0.25, 0.3) is 0 Å². The van der Waals surface area contributed by atoms with E-state index in [1.165, 1.54) is 12.1 Å². The number of ether oxygens (including phenoxy) is 3. The van der Waals surface area contributed by atoms with Crippen molar-refractivity contribution < 1.29 is 19.1 Å². The van der Waals surface area contributed by atoms with Gasteiger partial charge in [-0.15, -0.1) is 0 Å². The van der Waals surface area contributed by atoms with Gasteiger partial charge >= 0.3 is 0 Å². The molecular formula is C20H23N5O5. The first-order valence-electron chi connectivity index (χ1n) is 9.45. The molecule has 0 aliphatic carbocycles. The molecule has 0 saturated carbocycles. The van der Waals surface area contributed by atoms with E-state index in [4.69, 9.17) is 19.9 Å². The van der Waals surface area contributed by atoms with Gasteiger partial charge in [0.1, 0.15) is 12.4 Å². The Labute approximate surface area is 173 Å². The summed E-state index contributed by atoms with van der Waals surface area (Å²) >= 11 is 0. The molecular weight excluding hydrogens is 390 g/mol. The van der Waals surface area contributed by atoms with Crippen molar-refractivity contribution in [2.75, 3.05) is 13.2 Å². The summed E-state index contributed by atoms with van der Waals surface area (Å²) in [7, 11) is 0. The molecule has 0 radical (unpaired) electrons. The van der Waals surface area contributed by atoms with Crippen molar-refractivity contribution in [3.63, 3.8) is 0 Å². The monoisotopic (exact) mass is 413 g/mol. The van der Waals surface area contributed by atoms with Crippen molar-refractivity contribution in [2.45, 2.75) is 26.5 Å². The lowest BCUT2D eigenvalue weighted by molar-refractivity contribution is -0.384. The van der Waals surface area contributed by atoms with Crippen LogP contribution < -0.4 is 19.9 Å². The Balaban J connectivity index is 1.70. The maximum absolute atomic E-state index is 10.9. The molecule has 0 aliphatic rings. The number of hydrogen-bond donors (Lipinski definition) is 2. The summed E-state index contributed by atoms with van der Waals surface area (Å²) in [5.74, 6) is 2.45. The minimum atomic E-state index is -0.581. The molecule has 0 spiro atoms. The molecule has 0 amide bonds. The third-order valence-electron chi connectivity index (χ3n) is 4.16. The molecule has 0 fully saturated rings. The molecule has 158 valence electrons. The zero-order valence-electron chi connectivity index (χ0n) is 16.7. The first-order chi connectivity index (χ1) is 14.5. The van der Waals surface area contributed by atoms with Crippen LogP contribution in [0.1, 0.15) is 37.1 Å². The Morgan fingerprint density at radius 1 is 1.10 bits per heavy atom. The fraction of sp³-hybridized carbons (Fsp3) is 0.300. The standard InChI is InChI=1S/C20H23N5O5/c1-3-28-16-9-8-13(10-17(16)29-4-2)19(21)20-22-18(23-24-20)12-30-15-7-5-6-14(11-15)25(26)27/h5-11,19H,3-4,12,21H2,1-2H3,(H,22,23,24)/t19-/m0/s1. The topological polar surface area (TPSA) is 138 Å². The smallest absolute Gasteiger partial charge is 0.273 e. The molecule has 0 saturated heterocycles. The van der Waals surface area contributed by atoms with Crippen LogP contribution in [0.5, 0.6) is 17.2 Å². The Morgan fingerprint density at radius 3 is 2.60 bits per heavy atom. The van der Waals surface area contributed by atoms with E-state index in [-0.39, 0.29) is 12.3 Å². The number of hydrogen-bond acceptors (Lipinski definition) is 8. The molecule has 0 unspecified atom stereocenters. The number of nitro benzene ring substituents is 1. The predicted molar refractivity (Wildman–Crippen MR) is 109 cm³/mol. The van der Waals surface area contributed by atoms with Crippen LogP contribution in [-0.4, -0.2) is 33.3 Å². The summed E-state index contributed by atoms with van der Waals surface area (Å²) in [4.78, 5) is 14.7. The van der Waals surface area contributed by atoms with Gasteiger partial charge < -0.3 is 19.9 Å². The molecule has 0 bridgehead atoms. The van der Waals surface area contributed by atoms with Gasteiger partial charge in [-0.2, -0.15) is 5.10 Å². The summed E-state index contributed by atoms with van der Waals surface area (Å²) in [6.45, 7) is 4.89. The first-order valence-corrected chi connectivity index (χ1v) is 9.45. The zero-order valence-corrected chi connectivity index (χ0v) is 16.7. The largest absolute Gasteiger partial charge is 0.490 e. The Bertz CT molecular complexity index is 1010. The highest BCUT2D eigenvalue weighted by Gasteiger charge is 2.17. The van der Waals surface area contributed by atoms with Crippen LogP contribution in [-0.2, 0) is 6.61 Å². The highest BCUT2D eigenvalue weighted by atomic mass is 16.6. The molecule has 1 aromatic heterocycles. The fourth-order valence-electron chi connectivity index (χ4n) is 2.76. The van der Waals surface area contributed by atoms with Gasteiger partial charge in [0.2, 0.25) is 0 Å². The molecule has 3 rings (SSSR count). The Morgan fingerprint density at radius 2 is 1.87 bits per heavy atom. The van der Waals surface area contributed by atoms with Crippen LogP contribution in [0, 0.1) is 10.1 Å². The highest BCUT2D eigenvalue weighted by Crippen LogP contribution is 2.31.